The van der Waals surface area contributed by atoms with E-state index in [0.717, 1.165) is 42.9 Å². The van der Waals surface area contributed by atoms with E-state index in [1.165, 1.54) is 0 Å². The predicted octanol–water partition coefficient (Wildman–Crippen LogP) is 1.87. The maximum atomic E-state index is 9.10. The Kier molecular flexibility index (Phi) is 6.54. The van der Waals surface area contributed by atoms with Gasteiger partial charge < -0.3 is 15.6 Å². The zero-order chi connectivity index (χ0) is 13.4. The molecule has 4 heteroatoms. The minimum atomic E-state index is 0.175. The zero-order valence-corrected chi connectivity index (χ0v) is 11.4. The highest BCUT2D eigenvalue weighted by atomic mass is 16.5. The van der Waals surface area contributed by atoms with Crippen LogP contribution in [-0.2, 0) is 6.54 Å². The number of aliphatic hydroxyl groups is 1. The molecular formula is C14H24N2O2. The molecule has 3 N–H and O–H groups in total. The molecule has 1 aromatic carbocycles. The van der Waals surface area contributed by atoms with Crippen molar-refractivity contribution < 1.29 is 9.84 Å². The molecule has 0 bridgehead atoms. The molecule has 0 saturated carbocycles. The van der Waals surface area contributed by atoms with Crippen molar-refractivity contribution in [1.82, 2.24) is 4.90 Å². The summed E-state index contributed by atoms with van der Waals surface area (Å²) < 4.78 is 5.34. The lowest BCUT2D eigenvalue weighted by atomic mass is 10.1. The van der Waals surface area contributed by atoms with Crippen LogP contribution in [0.4, 0.5) is 5.69 Å². The molecular weight excluding hydrogens is 228 g/mol. The Morgan fingerprint density at radius 1 is 1.33 bits per heavy atom. The average Bonchev–Trinajstić information content (AvgIpc) is 2.36. The fourth-order valence-electron chi connectivity index (χ4n) is 1.96. The van der Waals surface area contributed by atoms with Gasteiger partial charge in [0.2, 0.25) is 0 Å². The van der Waals surface area contributed by atoms with Gasteiger partial charge in [0, 0.05) is 24.3 Å². The fraction of sp³-hybridized carbons (Fsp3) is 0.571. The smallest absolute Gasteiger partial charge is 0.123 e. The van der Waals surface area contributed by atoms with E-state index in [2.05, 4.69) is 11.8 Å². The molecule has 4 nitrogen and oxygen atoms in total. The van der Waals surface area contributed by atoms with Crippen molar-refractivity contribution in [2.45, 2.75) is 26.3 Å². The summed E-state index contributed by atoms with van der Waals surface area (Å²) in [5.74, 6) is 0.851. The van der Waals surface area contributed by atoms with E-state index in [9.17, 15) is 0 Å². The molecule has 0 aliphatic rings. The number of benzene rings is 1. The molecule has 0 aliphatic heterocycles. The van der Waals surface area contributed by atoms with Gasteiger partial charge in [0.05, 0.1) is 13.7 Å². The average molecular weight is 252 g/mol. The summed E-state index contributed by atoms with van der Waals surface area (Å²) in [4.78, 5) is 2.22. The minimum absolute atomic E-state index is 0.175. The Morgan fingerprint density at radius 3 is 2.72 bits per heavy atom. The quantitative estimate of drug-likeness (QED) is 0.693. The fourth-order valence-corrected chi connectivity index (χ4v) is 1.96. The molecule has 1 rings (SSSR count). The molecule has 0 radical (unpaired) electrons. The molecule has 0 aromatic heterocycles. The standard InChI is InChI=1S/C14H24N2O2/c1-3-4-7-16(8-9-17)11-12-10-13(15)5-6-14(12)18-2/h5-6,10,17H,3-4,7-9,11,15H2,1-2H3. The summed E-state index contributed by atoms with van der Waals surface area (Å²) in [6.45, 7) is 4.76. The number of methoxy groups -OCH3 is 1. The number of rotatable bonds is 8. The van der Waals surface area contributed by atoms with Gasteiger partial charge in [-0.15, -0.1) is 0 Å². The van der Waals surface area contributed by atoms with Crippen LogP contribution in [-0.4, -0.2) is 36.8 Å². The predicted molar refractivity (Wildman–Crippen MR) is 74.7 cm³/mol. The second-order valence-electron chi connectivity index (χ2n) is 4.42. The van der Waals surface area contributed by atoms with Gasteiger partial charge in [-0.3, -0.25) is 4.90 Å². The molecule has 0 spiro atoms. The lowest BCUT2D eigenvalue weighted by Gasteiger charge is -2.22. The zero-order valence-electron chi connectivity index (χ0n) is 11.4. The van der Waals surface area contributed by atoms with Crippen molar-refractivity contribution in [2.75, 3.05) is 32.5 Å². The van der Waals surface area contributed by atoms with Crippen LogP contribution in [0.2, 0.25) is 0 Å². The topological polar surface area (TPSA) is 58.7 Å². The van der Waals surface area contributed by atoms with Crippen molar-refractivity contribution in [2.24, 2.45) is 0 Å². The SMILES string of the molecule is CCCCN(CCO)Cc1cc(N)ccc1OC. The van der Waals surface area contributed by atoms with E-state index >= 15 is 0 Å². The third kappa shape index (κ3) is 4.55. The molecule has 0 aliphatic carbocycles. The highest BCUT2D eigenvalue weighted by Gasteiger charge is 2.09. The van der Waals surface area contributed by atoms with Crippen LogP contribution in [0, 0.1) is 0 Å². The van der Waals surface area contributed by atoms with E-state index in [4.69, 9.17) is 15.6 Å². The monoisotopic (exact) mass is 252 g/mol. The highest BCUT2D eigenvalue weighted by molar-refractivity contribution is 5.47. The first kappa shape index (κ1) is 14.8. The van der Waals surface area contributed by atoms with Gasteiger partial charge >= 0.3 is 0 Å². The van der Waals surface area contributed by atoms with Crippen molar-refractivity contribution in [3.05, 3.63) is 23.8 Å². The molecule has 18 heavy (non-hydrogen) atoms. The van der Waals surface area contributed by atoms with Crippen LogP contribution in [0.1, 0.15) is 25.3 Å². The molecule has 0 fully saturated rings. The molecule has 0 saturated heterocycles. The Hall–Kier alpha value is -1.26. The van der Waals surface area contributed by atoms with E-state index in [1.54, 1.807) is 7.11 Å². The summed E-state index contributed by atoms with van der Waals surface area (Å²) >= 11 is 0. The van der Waals surface area contributed by atoms with Gasteiger partial charge in [-0.1, -0.05) is 13.3 Å². The van der Waals surface area contributed by atoms with Gasteiger partial charge in [0.1, 0.15) is 5.75 Å². The summed E-state index contributed by atoms with van der Waals surface area (Å²) in [6, 6.07) is 5.67. The first-order chi connectivity index (χ1) is 8.71. The van der Waals surface area contributed by atoms with Crippen LogP contribution < -0.4 is 10.5 Å². The molecule has 102 valence electrons. The van der Waals surface area contributed by atoms with Crippen molar-refractivity contribution >= 4 is 5.69 Å². The summed E-state index contributed by atoms with van der Waals surface area (Å²) in [5.41, 5.74) is 7.62. The molecule has 0 heterocycles. The van der Waals surface area contributed by atoms with Gasteiger partial charge in [-0.2, -0.15) is 0 Å². The van der Waals surface area contributed by atoms with Gasteiger partial charge in [0.25, 0.3) is 0 Å². The Balaban J connectivity index is 2.74. The molecule has 0 amide bonds. The lowest BCUT2D eigenvalue weighted by molar-refractivity contribution is 0.187. The van der Waals surface area contributed by atoms with Crippen LogP contribution in [0.3, 0.4) is 0 Å². The number of nitrogens with zero attached hydrogens (tertiary/aromatic N) is 1. The largest absolute Gasteiger partial charge is 0.496 e. The second-order valence-corrected chi connectivity index (χ2v) is 4.42. The first-order valence-electron chi connectivity index (χ1n) is 6.46. The van der Waals surface area contributed by atoms with E-state index < -0.39 is 0 Å². The maximum Gasteiger partial charge on any atom is 0.123 e. The van der Waals surface area contributed by atoms with E-state index in [1.807, 2.05) is 18.2 Å². The Bertz CT molecular complexity index is 356. The van der Waals surface area contributed by atoms with Gasteiger partial charge in [-0.25, -0.2) is 0 Å². The number of anilines is 1. The van der Waals surface area contributed by atoms with Gasteiger partial charge in [0.15, 0.2) is 0 Å². The Morgan fingerprint density at radius 2 is 2.11 bits per heavy atom. The third-order valence-electron chi connectivity index (χ3n) is 2.94. The molecule has 0 atom stereocenters. The van der Waals surface area contributed by atoms with Crippen LogP contribution >= 0.6 is 0 Å². The summed E-state index contributed by atoms with van der Waals surface area (Å²) in [5, 5.41) is 9.10. The number of hydrogen-bond acceptors (Lipinski definition) is 4. The van der Waals surface area contributed by atoms with E-state index in [0.29, 0.717) is 6.54 Å². The highest BCUT2D eigenvalue weighted by Crippen LogP contribution is 2.22. The number of ether oxygens (including phenoxy) is 1. The number of aliphatic hydroxyl groups excluding tert-OH is 1. The number of nitrogens with two attached hydrogens (primary N) is 1. The third-order valence-corrected chi connectivity index (χ3v) is 2.94. The minimum Gasteiger partial charge on any atom is -0.496 e. The molecule has 0 unspecified atom stereocenters. The van der Waals surface area contributed by atoms with E-state index in [-0.39, 0.29) is 6.61 Å². The summed E-state index contributed by atoms with van der Waals surface area (Å²) in [6.07, 6.45) is 2.28. The van der Waals surface area contributed by atoms with Crippen molar-refractivity contribution in [1.29, 1.82) is 0 Å². The van der Waals surface area contributed by atoms with Crippen molar-refractivity contribution in [3.63, 3.8) is 0 Å². The second kappa shape index (κ2) is 7.95. The summed E-state index contributed by atoms with van der Waals surface area (Å²) in [7, 11) is 1.66. The number of unbranched alkanes of at least 4 members (excludes halogenated alkanes) is 1. The van der Waals surface area contributed by atoms with Crippen LogP contribution in [0.5, 0.6) is 5.75 Å². The number of hydrogen-bond donors (Lipinski definition) is 2. The van der Waals surface area contributed by atoms with Crippen molar-refractivity contribution in [3.8, 4) is 5.75 Å². The lowest BCUT2D eigenvalue weighted by Crippen LogP contribution is -2.27. The first-order valence-corrected chi connectivity index (χ1v) is 6.46. The van der Waals surface area contributed by atoms with Crippen LogP contribution in [0.15, 0.2) is 18.2 Å². The maximum absolute atomic E-state index is 9.10. The Labute approximate surface area is 109 Å². The van der Waals surface area contributed by atoms with Gasteiger partial charge in [-0.05, 0) is 31.2 Å². The van der Waals surface area contributed by atoms with Crippen LogP contribution in [0.25, 0.3) is 0 Å². The number of nitrogen functional groups attached to an aromatic ring is 1. The molecule has 1 aromatic rings. The normalized spacial score (nSPS) is 10.9.